The van der Waals surface area contributed by atoms with Crippen molar-refractivity contribution in [2.75, 3.05) is 11.5 Å². The molecule has 0 aliphatic rings. The zero-order chi connectivity index (χ0) is 13.7. The van der Waals surface area contributed by atoms with Crippen LogP contribution in [0.3, 0.4) is 0 Å². The maximum Gasteiger partial charge on any atom is 0.231 e. The van der Waals surface area contributed by atoms with Gasteiger partial charge in [0.15, 0.2) is 5.82 Å². The van der Waals surface area contributed by atoms with Gasteiger partial charge < -0.3 is 15.5 Å². The number of amides is 1. The minimum Gasteiger partial charge on any atom is -0.467 e. The summed E-state index contributed by atoms with van der Waals surface area (Å²) in [5.41, 5.74) is 5.64. The highest BCUT2D eigenvalue weighted by molar-refractivity contribution is 8.00. The predicted molar refractivity (Wildman–Crippen MR) is 72.4 cm³/mol. The topological polar surface area (TPSA) is 94.0 Å². The largest absolute Gasteiger partial charge is 0.467 e. The van der Waals surface area contributed by atoms with E-state index in [4.69, 9.17) is 10.2 Å². The standard InChI is InChI=1S/C12H14N4O2S/c1-8(9-3-2-6-18-9)16-10(17)7-19-12-11(13)14-4-5-15-12/h2-6,8H,7H2,1H3,(H2,13,14)(H,16,17). The molecule has 100 valence electrons. The summed E-state index contributed by atoms with van der Waals surface area (Å²) in [5, 5.41) is 3.39. The van der Waals surface area contributed by atoms with Gasteiger partial charge in [0, 0.05) is 12.4 Å². The number of furan rings is 1. The van der Waals surface area contributed by atoms with Gasteiger partial charge in [-0.1, -0.05) is 11.8 Å². The summed E-state index contributed by atoms with van der Waals surface area (Å²) in [6.45, 7) is 1.86. The van der Waals surface area contributed by atoms with Gasteiger partial charge in [0.25, 0.3) is 0 Å². The monoisotopic (exact) mass is 278 g/mol. The number of carbonyl (C=O) groups is 1. The molecule has 0 aliphatic heterocycles. The van der Waals surface area contributed by atoms with Crippen molar-refractivity contribution in [2.24, 2.45) is 0 Å². The van der Waals surface area contributed by atoms with Gasteiger partial charge in [-0.05, 0) is 19.1 Å². The zero-order valence-electron chi connectivity index (χ0n) is 10.4. The summed E-state index contributed by atoms with van der Waals surface area (Å²) in [4.78, 5) is 19.7. The number of carbonyl (C=O) groups excluding carboxylic acids is 1. The number of nitrogens with two attached hydrogens (primary N) is 1. The van der Waals surface area contributed by atoms with Crippen LogP contribution in [0.5, 0.6) is 0 Å². The first-order valence-corrected chi connectivity index (χ1v) is 6.67. The van der Waals surface area contributed by atoms with Gasteiger partial charge in [0.05, 0.1) is 18.1 Å². The summed E-state index contributed by atoms with van der Waals surface area (Å²) in [6, 6.07) is 3.44. The number of nitrogen functional groups attached to an aromatic ring is 1. The molecule has 0 fully saturated rings. The molecule has 7 heteroatoms. The van der Waals surface area contributed by atoms with Crippen molar-refractivity contribution in [3.63, 3.8) is 0 Å². The molecular weight excluding hydrogens is 264 g/mol. The Hall–Kier alpha value is -2.02. The van der Waals surface area contributed by atoms with Gasteiger partial charge in [-0.3, -0.25) is 4.79 Å². The molecule has 3 N–H and O–H groups in total. The predicted octanol–water partition coefficient (Wildman–Crippen LogP) is 1.62. The van der Waals surface area contributed by atoms with Crippen molar-refractivity contribution < 1.29 is 9.21 Å². The molecule has 0 aromatic carbocycles. The van der Waals surface area contributed by atoms with Gasteiger partial charge in [0.2, 0.25) is 5.91 Å². The summed E-state index contributed by atoms with van der Waals surface area (Å²) in [7, 11) is 0. The molecule has 2 rings (SSSR count). The normalized spacial score (nSPS) is 12.1. The maximum absolute atomic E-state index is 11.8. The number of hydrogen-bond acceptors (Lipinski definition) is 6. The van der Waals surface area contributed by atoms with Gasteiger partial charge in [-0.25, -0.2) is 9.97 Å². The van der Waals surface area contributed by atoms with Crippen LogP contribution in [0.15, 0.2) is 40.2 Å². The molecule has 0 aliphatic carbocycles. The molecule has 1 atom stereocenters. The first kappa shape index (κ1) is 13.4. The molecule has 2 heterocycles. The first-order chi connectivity index (χ1) is 9.16. The van der Waals surface area contributed by atoms with E-state index >= 15 is 0 Å². The molecule has 1 amide bonds. The van der Waals surface area contributed by atoms with Crippen LogP contribution < -0.4 is 11.1 Å². The van der Waals surface area contributed by atoms with Crippen LogP contribution in [0.4, 0.5) is 5.82 Å². The van der Waals surface area contributed by atoms with E-state index in [1.807, 2.05) is 13.0 Å². The number of anilines is 1. The smallest absolute Gasteiger partial charge is 0.231 e. The maximum atomic E-state index is 11.8. The van der Waals surface area contributed by atoms with Crippen LogP contribution in [-0.2, 0) is 4.79 Å². The van der Waals surface area contributed by atoms with Crippen molar-refractivity contribution in [3.05, 3.63) is 36.5 Å². The van der Waals surface area contributed by atoms with Gasteiger partial charge in [-0.2, -0.15) is 0 Å². The Morgan fingerprint density at radius 3 is 3.00 bits per heavy atom. The second kappa shape index (κ2) is 6.24. The van der Waals surface area contributed by atoms with Gasteiger partial charge in [-0.15, -0.1) is 0 Å². The Labute approximate surface area is 114 Å². The van der Waals surface area contributed by atoms with E-state index in [1.165, 1.54) is 18.0 Å². The second-order valence-corrected chi connectivity index (χ2v) is 4.80. The number of nitrogens with one attached hydrogen (secondary N) is 1. The summed E-state index contributed by atoms with van der Waals surface area (Å²) in [5.74, 6) is 1.17. The van der Waals surface area contributed by atoms with Crippen molar-refractivity contribution in [1.82, 2.24) is 15.3 Å². The molecule has 2 aromatic rings. The molecule has 2 aromatic heterocycles. The average Bonchev–Trinajstić information content (AvgIpc) is 2.91. The number of hydrogen-bond donors (Lipinski definition) is 2. The number of rotatable bonds is 5. The second-order valence-electron chi connectivity index (χ2n) is 3.84. The number of thioether (sulfide) groups is 1. The van der Waals surface area contributed by atoms with E-state index < -0.39 is 0 Å². The van der Waals surface area contributed by atoms with E-state index in [-0.39, 0.29) is 17.7 Å². The average molecular weight is 278 g/mol. The Bertz CT molecular complexity index is 544. The van der Waals surface area contributed by atoms with E-state index in [2.05, 4.69) is 15.3 Å². The van der Waals surface area contributed by atoms with E-state index in [1.54, 1.807) is 18.5 Å². The highest BCUT2D eigenvalue weighted by Gasteiger charge is 2.12. The van der Waals surface area contributed by atoms with Crippen molar-refractivity contribution in [2.45, 2.75) is 18.0 Å². The minimum atomic E-state index is -0.165. The van der Waals surface area contributed by atoms with Crippen LogP contribution >= 0.6 is 11.8 Å². The lowest BCUT2D eigenvalue weighted by atomic mass is 10.2. The zero-order valence-corrected chi connectivity index (χ0v) is 11.2. The molecule has 19 heavy (non-hydrogen) atoms. The lowest BCUT2D eigenvalue weighted by Crippen LogP contribution is -2.28. The fraction of sp³-hybridized carbons (Fsp3) is 0.250. The van der Waals surface area contributed by atoms with E-state index in [9.17, 15) is 4.79 Å². The Balaban J connectivity index is 1.84. The quantitative estimate of drug-likeness (QED) is 0.807. The highest BCUT2D eigenvalue weighted by atomic mass is 32.2. The molecule has 0 bridgehead atoms. The van der Waals surface area contributed by atoms with Crippen LogP contribution in [0, 0.1) is 0 Å². The summed E-state index contributed by atoms with van der Waals surface area (Å²) < 4.78 is 5.21. The third-order valence-electron chi connectivity index (χ3n) is 2.38. The molecule has 0 saturated heterocycles. The third-order valence-corrected chi connectivity index (χ3v) is 3.37. The fourth-order valence-corrected chi connectivity index (χ4v) is 2.16. The Morgan fingerprint density at radius 2 is 2.32 bits per heavy atom. The minimum absolute atomic E-state index is 0.112. The molecule has 0 spiro atoms. The molecule has 0 saturated carbocycles. The van der Waals surface area contributed by atoms with Crippen LogP contribution in [0.25, 0.3) is 0 Å². The summed E-state index contributed by atoms with van der Waals surface area (Å²) in [6.07, 6.45) is 4.63. The van der Waals surface area contributed by atoms with Crippen molar-refractivity contribution in [1.29, 1.82) is 0 Å². The SMILES string of the molecule is CC(NC(=O)CSc1nccnc1N)c1ccco1. The fourth-order valence-electron chi connectivity index (χ4n) is 1.47. The first-order valence-electron chi connectivity index (χ1n) is 5.69. The Kier molecular flexibility index (Phi) is 4.40. The van der Waals surface area contributed by atoms with Crippen LogP contribution in [0.1, 0.15) is 18.7 Å². The van der Waals surface area contributed by atoms with E-state index in [0.29, 0.717) is 10.8 Å². The lowest BCUT2D eigenvalue weighted by Gasteiger charge is -2.11. The Morgan fingerprint density at radius 1 is 1.53 bits per heavy atom. The van der Waals surface area contributed by atoms with E-state index in [0.717, 1.165) is 5.76 Å². The third kappa shape index (κ3) is 3.72. The lowest BCUT2D eigenvalue weighted by molar-refractivity contribution is -0.119. The van der Waals surface area contributed by atoms with Gasteiger partial charge in [0.1, 0.15) is 10.8 Å². The molecule has 0 radical (unpaired) electrons. The highest BCUT2D eigenvalue weighted by Crippen LogP contribution is 2.19. The molecular formula is C12H14N4O2S. The summed E-state index contributed by atoms with van der Waals surface area (Å²) >= 11 is 1.25. The van der Waals surface area contributed by atoms with Crippen LogP contribution in [0.2, 0.25) is 0 Å². The van der Waals surface area contributed by atoms with Gasteiger partial charge >= 0.3 is 0 Å². The molecule has 1 unspecified atom stereocenters. The van der Waals surface area contributed by atoms with Crippen molar-refractivity contribution >= 4 is 23.5 Å². The molecule has 6 nitrogen and oxygen atoms in total. The van der Waals surface area contributed by atoms with Crippen molar-refractivity contribution in [3.8, 4) is 0 Å². The van der Waals surface area contributed by atoms with Crippen LogP contribution in [-0.4, -0.2) is 21.6 Å². The number of nitrogens with zero attached hydrogens (tertiary/aromatic N) is 2. The number of aromatic nitrogens is 2.